The van der Waals surface area contributed by atoms with Gasteiger partial charge in [-0.2, -0.15) is 5.10 Å². The van der Waals surface area contributed by atoms with Gasteiger partial charge in [-0.1, -0.05) is 30.3 Å². The summed E-state index contributed by atoms with van der Waals surface area (Å²) in [5.41, 5.74) is 3.23. The summed E-state index contributed by atoms with van der Waals surface area (Å²) in [5.74, 6) is 0. The van der Waals surface area contributed by atoms with E-state index >= 15 is 0 Å². The Bertz CT molecular complexity index is 675. The van der Waals surface area contributed by atoms with Gasteiger partial charge in [-0.25, -0.2) is 4.68 Å². The van der Waals surface area contributed by atoms with Crippen molar-refractivity contribution in [2.24, 2.45) is 0 Å². The zero-order chi connectivity index (χ0) is 15.2. The summed E-state index contributed by atoms with van der Waals surface area (Å²) in [4.78, 5) is 2.26. The molecule has 0 spiro atoms. The molecule has 1 N–H and O–H groups in total. The lowest BCUT2D eigenvalue weighted by atomic mass is 10.1. The molecule has 22 heavy (non-hydrogen) atoms. The second-order valence-electron chi connectivity index (χ2n) is 5.31. The number of aryl methyl sites for hydroxylation is 1. The average Bonchev–Trinajstić information content (AvgIpc) is 3.20. The number of tetrazole rings is 1. The molecule has 0 saturated carbocycles. The van der Waals surface area contributed by atoms with Crippen LogP contribution in [0.25, 0.3) is 11.3 Å². The molecule has 3 rings (SSSR count). The van der Waals surface area contributed by atoms with E-state index < -0.39 is 0 Å². The third-order valence-corrected chi connectivity index (χ3v) is 3.46. The van der Waals surface area contributed by atoms with E-state index in [1.807, 2.05) is 18.2 Å². The van der Waals surface area contributed by atoms with Crippen molar-refractivity contribution in [2.45, 2.75) is 19.5 Å². The number of rotatable bonds is 7. The maximum atomic E-state index is 4.38. The summed E-state index contributed by atoms with van der Waals surface area (Å²) < 4.78 is 1.75. The second kappa shape index (κ2) is 6.95. The number of aromatic nitrogens is 6. The van der Waals surface area contributed by atoms with Gasteiger partial charge in [-0.15, -0.1) is 5.10 Å². The molecule has 114 valence electrons. The predicted octanol–water partition coefficient (Wildman–Crippen LogP) is 1.59. The Morgan fingerprint density at radius 2 is 2.09 bits per heavy atom. The number of benzene rings is 1. The van der Waals surface area contributed by atoms with Crippen molar-refractivity contribution in [3.05, 3.63) is 48.4 Å². The van der Waals surface area contributed by atoms with E-state index in [0.717, 1.165) is 43.0 Å². The van der Waals surface area contributed by atoms with Crippen LogP contribution in [0.15, 0.2) is 42.7 Å². The van der Waals surface area contributed by atoms with E-state index in [9.17, 15) is 0 Å². The summed E-state index contributed by atoms with van der Waals surface area (Å²) in [6, 6.07) is 12.3. The first-order chi connectivity index (χ1) is 10.8. The van der Waals surface area contributed by atoms with Crippen LogP contribution in [-0.2, 0) is 13.1 Å². The van der Waals surface area contributed by atoms with E-state index in [1.54, 1.807) is 11.0 Å². The van der Waals surface area contributed by atoms with Crippen molar-refractivity contribution in [1.82, 2.24) is 35.3 Å². The Labute approximate surface area is 129 Å². The van der Waals surface area contributed by atoms with Gasteiger partial charge in [0.15, 0.2) is 0 Å². The first kappa shape index (κ1) is 14.4. The van der Waals surface area contributed by atoms with Crippen LogP contribution in [0.1, 0.15) is 12.1 Å². The Morgan fingerprint density at radius 3 is 2.86 bits per heavy atom. The first-order valence-corrected chi connectivity index (χ1v) is 7.30. The smallest absolute Gasteiger partial charge is 0.138 e. The SMILES string of the molecule is CN(CCCn1cnnn1)Cc1cc(-c2ccccc2)n[nH]1. The standard InChI is InChI=1S/C15H19N7/c1-21(8-5-9-22-12-16-19-20-22)11-14-10-15(18-17-14)13-6-3-2-4-7-13/h2-4,6-7,10,12H,5,8-9,11H2,1H3,(H,17,18). The molecule has 0 unspecified atom stereocenters. The number of hydrogen-bond donors (Lipinski definition) is 1. The molecule has 0 fully saturated rings. The van der Waals surface area contributed by atoms with Gasteiger partial charge in [-0.05, 0) is 30.0 Å². The van der Waals surface area contributed by atoms with Crippen molar-refractivity contribution in [2.75, 3.05) is 13.6 Å². The van der Waals surface area contributed by atoms with Crippen molar-refractivity contribution in [1.29, 1.82) is 0 Å². The quantitative estimate of drug-likeness (QED) is 0.716. The van der Waals surface area contributed by atoms with Crippen molar-refractivity contribution >= 4 is 0 Å². The van der Waals surface area contributed by atoms with Gasteiger partial charge in [-0.3, -0.25) is 5.10 Å². The van der Waals surface area contributed by atoms with Gasteiger partial charge in [0.1, 0.15) is 6.33 Å². The van der Waals surface area contributed by atoms with Crippen LogP contribution in [-0.4, -0.2) is 48.9 Å². The molecule has 7 heteroatoms. The Balaban J connectivity index is 1.49. The summed E-state index contributed by atoms with van der Waals surface area (Å²) in [6.07, 6.45) is 2.64. The highest BCUT2D eigenvalue weighted by molar-refractivity contribution is 5.58. The molecular weight excluding hydrogens is 278 g/mol. The zero-order valence-electron chi connectivity index (χ0n) is 12.6. The maximum absolute atomic E-state index is 4.38. The molecule has 0 amide bonds. The van der Waals surface area contributed by atoms with Gasteiger partial charge >= 0.3 is 0 Å². The van der Waals surface area contributed by atoms with Crippen molar-refractivity contribution in [3.8, 4) is 11.3 Å². The zero-order valence-corrected chi connectivity index (χ0v) is 12.6. The highest BCUT2D eigenvalue weighted by atomic mass is 15.5. The minimum Gasteiger partial charge on any atom is -0.301 e. The summed E-state index contributed by atoms with van der Waals surface area (Å²) >= 11 is 0. The van der Waals surface area contributed by atoms with Crippen molar-refractivity contribution in [3.63, 3.8) is 0 Å². The number of nitrogens with zero attached hydrogens (tertiary/aromatic N) is 6. The lowest BCUT2D eigenvalue weighted by Gasteiger charge is -2.14. The number of aromatic amines is 1. The highest BCUT2D eigenvalue weighted by Gasteiger charge is 2.06. The van der Waals surface area contributed by atoms with Crippen LogP contribution in [0.4, 0.5) is 0 Å². The third-order valence-electron chi connectivity index (χ3n) is 3.46. The van der Waals surface area contributed by atoms with Crippen LogP contribution < -0.4 is 0 Å². The van der Waals surface area contributed by atoms with Crippen LogP contribution >= 0.6 is 0 Å². The van der Waals surface area contributed by atoms with Gasteiger partial charge in [0.25, 0.3) is 0 Å². The fraction of sp³-hybridized carbons (Fsp3) is 0.333. The van der Waals surface area contributed by atoms with Crippen LogP contribution in [0.3, 0.4) is 0 Å². The minimum atomic E-state index is 0.829. The van der Waals surface area contributed by atoms with E-state index in [2.05, 4.69) is 55.9 Å². The second-order valence-corrected chi connectivity index (χ2v) is 5.31. The molecule has 7 nitrogen and oxygen atoms in total. The van der Waals surface area contributed by atoms with Crippen LogP contribution in [0, 0.1) is 0 Å². The van der Waals surface area contributed by atoms with Gasteiger partial charge < -0.3 is 4.90 Å². The Morgan fingerprint density at radius 1 is 1.23 bits per heavy atom. The normalized spacial score (nSPS) is 11.2. The molecule has 0 aliphatic heterocycles. The fourth-order valence-electron chi connectivity index (χ4n) is 2.35. The predicted molar refractivity (Wildman–Crippen MR) is 82.8 cm³/mol. The van der Waals surface area contributed by atoms with Gasteiger partial charge in [0.2, 0.25) is 0 Å². The lowest BCUT2D eigenvalue weighted by molar-refractivity contribution is 0.307. The average molecular weight is 297 g/mol. The van der Waals surface area contributed by atoms with Crippen molar-refractivity contribution < 1.29 is 0 Å². The van der Waals surface area contributed by atoms with E-state index in [-0.39, 0.29) is 0 Å². The highest BCUT2D eigenvalue weighted by Crippen LogP contribution is 2.17. The van der Waals surface area contributed by atoms with E-state index in [1.165, 1.54) is 0 Å². The summed E-state index contributed by atoms with van der Waals surface area (Å²) in [7, 11) is 2.10. The number of H-pyrrole nitrogens is 1. The fourth-order valence-corrected chi connectivity index (χ4v) is 2.35. The minimum absolute atomic E-state index is 0.829. The largest absolute Gasteiger partial charge is 0.301 e. The van der Waals surface area contributed by atoms with E-state index in [4.69, 9.17) is 0 Å². The molecular formula is C15H19N7. The Hall–Kier alpha value is -2.54. The summed E-state index contributed by atoms with van der Waals surface area (Å²) in [5, 5.41) is 18.6. The molecule has 0 aliphatic rings. The molecule has 0 radical (unpaired) electrons. The molecule has 0 bridgehead atoms. The first-order valence-electron chi connectivity index (χ1n) is 7.30. The van der Waals surface area contributed by atoms with Gasteiger partial charge in [0.05, 0.1) is 5.69 Å². The third kappa shape index (κ3) is 3.76. The molecule has 3 aromatic rings. The topological polar surface area (TPSA) is 75.5 Å². The molecule has 1 aromatic carbocycles. The molecule has 0 saturated heterocycles. The lowest BCUT2D eigenvalue weighted by Crippen LogP contribution is -2.20. The summed E-state index contributed by atoms with van der Waals surface area (Å²) in [6.45, 7) is 2.64. The molecule has 2 aromatic heterocycles. The van der Waals surface area contributed by atoms with E-state index in [0.29, 0.717) is 0 Å². The molecule has 2 heterocycles. The number of nitrogens with one attached hydrogen (secondary N) is 1. The monoisotopic (exact) mass is 297 g/mol. The van der Waals surface area contributed by atoms with Crippen LogP contribution in [0.5, 0.6) is 0 Å². The number of hydrogen-bond acceptors (Lipinski definition) is 5. The molecule has 0 aliphatic carbocycles. The van der Waals surface area contributed by atoms with Gasteiger partial charge in [0, 0.05) is 30.9 Å². The molecule has 0 atom stereocenters. The maximum Gasteiger partial charge on any atom is 0.138 e. The van der Waals surface area contributed by atoms with Crippen LogP contribution in [0.2, 0.25) is 0 Å². The Kier molecular flexibility index (Phi) is 4.55.